The fourth-order valence-corrected chi connectivity index (χ4v) is 13.3. The number of rotatable bonds is 7. The zero-order valence-electron chi connectivity index (χ0n) is 34.4. The Bertz CT molecular complexity index is 3320. The summed E-state index contributed by atoms with van der Waals surface area (Å²) in [6.07, 6.45) is -0.354. The van der Waals surface area contributed by atoms with Gasteiger partial charge in [0, 0.05) is 89.6 Å². The number of thiophene rings is 2. The average Bonchev–Trinajstić information content (AvgIpc) is 3.92. The normalized spacial score (nSPS) is 17.1. The van der Waals surface area contributed by atoms with Gasteiger partial charge in [-0.1, -0.05) is 19.4 Å². The van der Waals surface area contributed by atoms with Gasteiger partial charge in [0.15, 0.2) is 0 Å². The van der Waals surface area contributed by atoms with Gasteiger partial charge >= 0.3 is 16.1 Å². The quantitative estimate of drug-likeness (QED) is 0.0916. The first kappa shape index (κ1) is 43.3. The van der Waals surface area contributed by atoms with Crippen LogP contribution in [0.5, 0.6) is 11.5 Å². The fourth-order valence-electron chi connectivity index (χ4n) is 8.64. The van der Waals surface area contributed by atoms with Crippen LogP contribution in [0.2, 0.25) is 0 Å². The van der Waals surface area contributed by atoms with Gasteiger partial charge in [0.25, 0.3) is 21.9 Å². The number of hydrogen-bond acceptors (Lipinski definition) is 13. The van der Waals surface area contributed by atoms with Crippen LogP contribution in [0.3, 0.4) is 0 Å². The number of benzene rings is 3. The van der Waals surface area contributed by atoms with E-state index in [0.29, 0.717) is 49.7 Å². The van der Waals surface area contributed by atoms with Crippen molar-refractivity contribution in [2.24, 2.45) is 0 Å². The topological polar surface area (TPSA) is 185 Å². The van der Waals surface area contributed by atoms with Crippen molar-refractivity contribution in [3.05, 3.63) is 91.7 Å². The zero-order chi connectivity index (χ0) is 45.6. The van der Waals surface area contributed by atoms with Crippen LogP contribution >= 0.6 is 34.4 Å². The molecule has 0 atom stereocenters. The molecule has 0 radical (unpaired) electrons. The number of carbonyl (C=O) groups is 3. The van der Waals surface area contributed by atoms with Crippen LogP contribution in [0.1, 0.15) is 74.6 Å². The molecule has 328 valence electrons. The van der Waals surface area contributed by atoms with E-state index in [9.17, 15) is 40.3 Å². The zero-order valence-corrected chi connectivity index (χ0v) is 38.5. The highest BCUT2D eigenvalue weighted by atomic mass is 32.3. The molecule has 1 fully saturated rings. The van der Waals surface area contributed by atoms with E-state index >= 15 is 8.78 Å². The van der Waals surface area contributed by atoms with Crippen molar-refractivity contribution in [3.8, 4) is 32.4 Å². The molecular formula is C43H36F2N2O11S5. The van der Waals surface area contributed by atoms with E-state index < -0.39 is 81.7 Å². The number of carbonyl (C=O) groups excluding carboxylic acids is 3. The van der Waals surface area contributed by atoms with Crippen molar-refractivity contribution in [1.29, 1.82) is 0 Å². The molecular weight excluding hydrogens is 919 g/mol. The number of imide groups is 1. The van der Waals surface area contributed by atoms with Gasteiger partial charge in [-0.25, -0.2) is 13.6 Å². The molecule has 1 aliphatic carbocycles. The summed E-state index contributed by atoms with van der Waals surface area (Å²) in [4.78, 5) is 44.3. The first-order valence-electron chi connectivity index (χ1n) is 19.2. The average molecular weight is 955 g/mol. The number of hydrogen-bond donors (Lipinski definition) is 2. The second kappa shape index (κ2) is 14.3. The summed E-state index contributed by atoms with van der Waals surface area (Å²) in [6, 6.07) is 10.6. The third-order valence-corrected chi connectivity index (χ3v) is 17.8. The molecule has 20 heteroatoms. The van der Waals surface area contributed by atoms with Gasteiger partial charge in [0.2, 0.25) is 0 Å². The van der Waals surface area contributed by atoms with E-state index in [1.54, 1.807) is 24.3 Å². The molecule has 4 aliphatic rings. The molecule has 63 heavy (non-hydrogen) atoms. The largest absolute Gasteiger partial charge is 0.456 e. The van der Waals surface area contributed by atoms with Gasteiger partial charge in [0.05, 0.1) is 11.3 Å². The third-order valence-electron chi connectivity index (χ3n) is 12.3. The Balaban J connectivity index is 1.36. The lowest BCUT2D eigenvalue weighted by Gasteiger charge is -2.43. The van der Waals surface area contributed by atoms with Gasteiger partial charge in [-0.2, -0.15) is 16.8 Å². The molecule has 13 nitrogen and oxygen atoms in total. The van der Waals surface area contributed by atoms with Crippen molar-refractivity contribution in [1.82, 2.24) is 5.06 Å². The van der Waals surface area contributed by atoms with E-state index in [2.05, 4.69) is 24.8 Å². The van der Waals surface area contributed by atoms with Crippen LogP contribution in [0.4, 0.5) is 14.5 Å². The Morgan fingerprint density at radius 1 is 0.841 bits per heavy atom. The van der Waals surface area contributed by atoms with Crippen LogP contribution in [0.15, 0.2) is 56.5 Å². The Morgan fingerprint density at radius 3 is 2.16 bits per heavy atom. The summed E-state index contributed by atoms with van der Waals surface area (Å²) in [6.45, 7) is 11.7. The molecule has 5 aromatic rings. The molecule has 0 saturated carbocycles. The molecule has 3 aliphatic heterocycles. The first-order chi connectivity index (χ1) is 29.3. The standard InChI is InChI=1S/C43H36F2N2O11S5/c1-18-10-26-40(60-18)22-12-24-30(16-28(22)46(7)43(26,5)6)57-29-13-20-19(2)42(3,4)25-14-35(62(51,52)53)61-39(25)21(20)11-23(29)36(24)37-38(45)31(15-27(44)41(37)63(54,55)56)59-17-34(50)58-47-32(48)8-9-33(47)49/h10-16H,8-9,17H2,1-7H3,(H,51,52,53)(H,54,55,56). The molecule has 5 heterocycles. The minimum Gasteiger partial charge on any atom is -0.456 e. The molecule has 0 unspecified atom stereocenters. The molecule has 3 aromatic carbocycles. The minimum atomic E-state index is -5.57. The van der Waals surface area contributed by atoms with Crippen molar-refractivity contribution in [2.45, 2.75) is 79.3 Å². The van der Waals surface area contributed by atoms with Crippen LogP contribution in [-0.2, 0) is 50.4 Å². The molecule has 2 aromatic heterocycles. The second-order valence-corrected chi connectivity index (χ2v) is 23.0. The lowest BCUT2D eigenvalue weighted by molar-refractivity contribution is -0.195. The maximum Gasteiger partial charge on any atom is 0.343 e. The predicted molar refractivity (Wildman–Crippen MR) is 233 cm³/mol. The number of nitrogens with zero attached hydrogens (tertiary/aromatic N) is 2. The van der Waals surface area contributed by atoms with Gasteiger partial charge in [-0.15, -0.1) is 39.5 Å². The van der Waals surface area contributed by atoms with Gasteiger partial charge in [-0.3, -0.25) is 18.7 Å². The summed E-state index contributed by atoms with van der Waals surface area (Å²) >= 11 is 2.72. The van der Waals surface area contributed by atoms with Gasteiger partial charge in [-0.05, 0) is 80.4 Å². The summed E-state index contributed by atoms with van der Waals surface area (Å²) in [5.41, 5.74) is 1.87. The number of hydroxylamine groups is 2. The summed E-state index contributed by atoms with van der Waals surface area (Å²) in [5, 5.41) is 0.952. The molecule has 1 saturated heterocycles. The smallest absolute Gasteiger partial charge is 0.343 e. The Labute approximate surface area is 372 Å². The van der Waals surface area contributed by atoms with E-state index in [0.717, 1.165) is 37.9 Å². The van der Waals surface area contributed by atoms with Crippen molar-refractivity contribution in [2.75, 3.05) is 17.7 Å². The fraction of sp³-hybridized carbons (Fsp3) is 0.279. The van der Waals surface area contributed by atoms with Crippen molar-refractivity contribution < 1.29 is 58.7 Å². The number of thioether (sulfide) groups is 1. The second-order valence-electron chi connectivity index (χ2n) is 16.7. The molecule has 2 N–H and O–H groups in total. The first-order valence-corrected chi connectivity index (χ1v) is 24.7. The molecule has 9 rings (SSSR count). The molecule has 0 spiro atoms. The van der Waals surface area contributed by atoms with Gasteiger partial charge in [0.1, 0.15) is 32.2 Å². The maximum atomic E-state index is 17.6. The van der Waals surface area contributed by atoms with E-state index in [1.165, 1.54) is 17.4 Å². The Hall–Kier alpha value is -4.96. The van der Waals surface area contributed by atoms with E-state index in [4.69, 9.17) is 9.57 Å². The summed E-state index contributed by atoms with van der Waals surface area (Å²) in [5.74, 6) is -6.10. The van der Waals surface area contributed by atoms with Crippen molar-refractivity contribution >= 4 is 89.3 Å². The van der Waals surface area contributed by atoms with Crippen LogP contribution in [-0.4, -0.2) is 61.6 Å². The third kappa shape index (κ3) is 6.66. The molecule has 2 amide bonds. The maximum absolute atomic E-state index is 17.6. The number of anilines is 1. The van der Waals surface area contributed by atoms with Crippen LogP contribution in [0, 0.1) is 18.6 Å². The number of halogens is 2. The van der Waals surface area contributed by atoms with Crippen LogP contribution in [0.25, 0.3) is 32.0 Å². The Kier molecular flexibility index (Phi) is 9.81. The van der Waals surface area contributed by atoms with Gasteiger partial charge < -0.3 is 14.5 Å². The SMILES string of the molecule is CC1=c2cc3c(cc2-c2sc(S(=O)(=O)O)cc2C1(C)C)=C(c1c(F)c(SCC(=O)ON2C(=O)CCC2=O)cc(F)c1S(=O)(=O)O)c1cc2c(cc1O3)N(C)C(C)(C)c1cc(C)sc1-2. The van der Waals surface area contributed by atoms with Crippen molar-refractivity contribution in [3.63, 3.8) is 0 Å². The lowest BCUT2D eigenvalue weighted by Crippen LogP contribution is -2.41. The predicted octanol–water partition coefficient (Wildman–Crippen LogP) is 7.42. The minimum absolute atomic E-state index is 0.0457. The van der Waals surface area contributed by atoms with E-state index in [-0.39, 0.29) is 44.9 Å². The number of aryl methyl sites for hydroxylation is 1. The highest BCUT2D eigenvalue weighted by molar-refractivity contribution is 8.00. The highest BCUT2D eigenvalue weighted by Gasteiger charge is 2.41. The summed E-state index contributed by atoms with van der Waals surface area (Å²) < 4.78 is 113. The molecule has 0 bridgehead atoms. The Morgan fingerprint density at radius 2 is 1.51 bits per heavy atom. The lowest BCUT2D eigenvalue weighted by atomic mass is 9.73. The number of ether oxygens (including phenoxy) is 1. The van der Waals surface area contributed by atoms with E-state index in [1.807, 2.05) is 34.7 Å². The van der Waals surface area contributed by atoms with Crippen LogP contribution < -0.4 is 20.1 Å². The summed E-state index contributed by atoms with van der Waals surface area (Å²) in [7, 11) is -8.33. The number of fused-ring (bicyclic) bond motifs is 8. The highest BCUT2D eigenvalue weighted by Crippen LogP contribution is 2.55. The number of amides is 2. The monoisotopic (exact) mass is 954 g/mol.